The summed E-state index contributed by atoms with van der Waals surface area (Å²) >= 11 is 0. The molecule has 0 bridgehead atoms. The minimum atomic E-state index is -4.87. The normalized spacial score (nSPS) is 21.0. The van der Waals surface area contributed by atoms with Gasteiger partial charge in [-0.25, -0.2) is 13.1 Å². The smallest absolute Gasteiger partial charge is 0.274 e. The number of rotatable bonds is 3. The summed E-state index contributed by atoms with van der Waals surface area (Å²) in [4.78, 5) is 10.9. The van der Waals surface area contributed by atoms with Crippen molar-refractivity contribution >= 4 is 15.9 Å². The predicted molar refractivity (Wildman–Crippen MR) is 68.8 cm³/mol. The molecule has 118 valence electrons. The molecule has 22 heavy (non-hydrogen) atoms. The standard InChI is InChI=1S/C13H11F3N2O3S/c1-7-4-10(7)12(19)18-22(20,21)9-3-2-8(6-17)11(5-9)13(14,15)16/h2-3,5,7,10H,4H2,1H3,(H,18,19). The van der Waals surface area contributed by atoms with Gasteiger partial charge in [-0.1, -0.05) is 6.92 Å². The van der Waals surface area contributed by atoms with E-state index in [1.165, 1.54) is 6.07 Å². The van der Waals surface area contributed by atoms with Crippen LogP contribution < -0.4 is 4.72 Å². The Kier molecular flexibility index (Phi) is 3.91. The van der Waals surface area contributed by atoms with Gasteiger partial charge < -0.3 is 0 Å². The van der Waals surface area contributed by atoms with Gasteiger partial charge in [0.2, 0.25) is 5.91 Å². The Balaban J connectivity index is 2.36. The molecule has 5 nitrogen and oxygen atoms in total. The molecule has 2 atom stereocenters. The molecule has 1 saturated carbocycles. The molecular weight excluding hydrogens is 321 g/mol. The summed E-state index contributed by atoms with van der Waals surface area (Å²) in [6, 6.07) is 3.33. The number of sulfonamides is 1. The Morgan fingerprint density at radius 3 is 2.45 bits per heavy atom. The summed E-state index contributed by atoms with van der Waals surface area (Å²) in [6.45, 7) is 1.76. The van der Waals surface area contributed by atoms with E-state index < -0.39 is 44.0 Å². The Hall–Kier alpha value is -2.08. The van der Waals surface area contributed by atoms with E-state index in [0.717, 1.165) is 12.1 Å². The number of halogens is 3. The van der Waals surface area contributed by atoms with Crippen molar-refractivity contribution in [1.82, 2.24) is 4.72 Å². The fraction of sp³-hybridized carbons (Fsp3) is 0.385. The van der Waals surface area contributed by atoms with Crippen molar-refractivity contribution in [2.24, 2.45) is 11.8 Å². The molecular formula is C13H11F3N2O3S. The zero-order chi connectivity index (χ0) is 16.7. The quantitative estimate of drug-likeness (QED) is 0.917. The van der Waals surface area contributed by atoms with E-state index in [4.69, 9.17) is 5.26 Å². The van der Waals surface area contributed by atoms with E-state index in [1.54, 1.807) is 11.6 Å². The molecule has 0 heterocycles. The van der Waals surface area contributed by atoms with Crippen LogP contribution in [-0.2, 0) is 21.0 Å². The predicted octanol–water partition coefficient (Wildman–Crippen LogP) is 2.04. The van der Waals surface area contributed by atoms with Gasteiger partial charge in [0.15, 0.2) is 0 Å². The Bertz CT molecular complexity index is 766. The number of nitriles is 1. The second-order valence-electron chi connectivity index (χ2n) is 5.11. The van der Waals surface area contributed by atoms with Crippen LogP contribution in [0.15, 0.2) is 23.1 Å². The zero-order valence-electron chi connectivity index (χ0n) is 11.3. The van der Waals surface area contributed by atoms with Gasteiger partial charge in [0, 0.05) is 5.92 Å². The van der Waals surface area contributed by atoms with Crippen molar-refractivity contribution in [3.8, 4) is 6.07 Å². The lowest BCUT2D eigenvalue weighted by Crippen LogP contribution is -2.32. The molecule has 1 aromatic carbocycles. The van der Waals surface area contributed by atoms with Crippen LogP contribution in [0.5, 0.6) is 0 Å². The molecule has 0 aliphatic heterocycles. The number of hydrogen-bond acceptors (Lipinski definition) is 4. The van der Waals surface area contributed by atoms with E-state index in [-0.39, 0.29) is 5.92 Å². The number of carbonyl (C=O) groups is 1. The van der Waals surface area contributed by atoms with Gasteiger partial charge in [-0.3, -0.25) is 4.79 Å². The number of amides is 1. The van der Waals surface area contributed by atoms with Gasteiger partial charge in [0.25, 0.3) is 10.0 Å². The van der Waals surface area contributed by atoms with Crippen LogP contribution in [0.25, 0.3) is 0 Å². The fourth-order valence-electron chi connectivity index (χ4n) is 1.98. The highest BCUT2D eigenvalue weighted by molar-refractivity contribution is 7.90. The number of alkyl halides is 3. The maximum absolute atomic E-state index is 12.8. The van der Waals surface area contributed by atoms with Gasteiger partial charge in [0.1, 0.15) is 0 Å². The summed E-state index contributed by atoms with van der Waals surface area (Å²) in [5, 5.41) is 8.66. The van der Waals surface area contributed by atoms with E-state index in [0.29, 0.717) is 12.5 Å². The summed E-state index contributed by atoms with van der Waals surface area (Å²) in [5.41, 5.74) is -2.04. The molecule has 1 aromatic rings. The number of carbonyl (C=O) groups excluding carboxylic acids is 1. The van der Waals surface area contributed by atoms with Crippen LogP contribution >= 0.6 is 0 Å². The average molecular weight is 332 g/mol. The molecule has 9 heteroatoms. The van der Waals surface area contributed by atoms with E-state index in [2.05, 4.69) is 0 Å². The van der Waals surface area contributed by atoms with E-state index >= 15 is 0 Å². The first-order chi connectivity index (χ1) is 10.1. The van der Waals surface area contributed by atoms with Gasteiger partial charge in [-0.05, 0) is 30.5 Å². The Morgan fingerprint density at radius 2 is 2.00 bits per heavy atom. The van der Waals surface area contributed by atoms with Crippen LogP contribution in [0.3, 0.4) is 0 Å². The van der Waals surface area contributed by atoms with Crippen molar-refractivity contribution in [2.75, 3.05) is 0 Å². The Labute approximate surface area is 124 Å². The van der Waals surface area contributed by atoms with Gasteiger partial charge in [-0.2, -0.15) is 18.4 Å². The van der Waals surface area contributed by atoms with Crippen LogP contribution in [0.1, 0.15) is 24.5 Å². The maximum Gasteiger partial charge on any atom is 0.417 e. The lowest BCUT2D eigenvalue weighted by Gasteiger charge is -2.11. The van der Waals surface area contributed by atoms with Crippen molar-refractivity contribution in [3.05, 3.63) is 29.3 Å². The van der Waals surface area contributed by atoms with E-state index in [1.807, 2.05) is 0 Å². The third kappa shape index (κ3) is 3.22. The average Bonchev–Trinajstić information content (AvgIpc) is 3.13. The minimum Gasteiger partial charge on any atom is -0.274 e. The van der Waals surface area contributed by atoms with Crippen molar-refractivity contribution in [1.29, 1.82) is 5.26 Å². The highest BCUT2D eigenvalue weighted by atomic mass is 32.2. The first-order valence-corrected chi connectivity index (χ1v) is 7.72. The number of nitrogens with one attached hydrogen (secondary N) is 1. The van der Waals surface area contributed by atoms with Crippen LogP contribution in [0, 0.1) is 23.2 Å². The summed E-state index contributed by atoms with van der Waals surface area (Å²) in [6.07, 6.45) is -4.33. The molecule has 2 rings (SSSR count). The zero-order valence-corrected chi connectivity index (χ0v) is 12.1. The molecule has 1 aliphatic rings. The molecule has 1 N–H and O–H groups in total. The summed E-state index contributed by atoms with van der Waals surface area (Å²) in [7, 11) is -4.40. The topological polar surface area (TPSA) is 87.0 Å². The molecule has 1 aliphatic carbocycles. The number of nitrogens with zero attached hydrogens (tertiary/aromatic N) is 1. The fourth-order valence-corrected chi connectivity index (χ4v) is 3.03. The van der Waals surface area contributed by atoms with Crippen molar-refractivity contribution < 1.29 is 26.4 Å². The first kappa shape index (κ1) is 16.3. The molecule has 0 spiro atoms. The lowest BCUT2D eigenvalue weighted by atomic mass is 10.1. The van der Waals surface area contributed by atoms with Gasteiger partial charge in [-0.15, -0.1) is 0 Å². The van der Waals surface area contributed by atoms with Gasteiger partial charge in [0.05, 0.1) is 22.1 Å². The highest BCUT2D eigenvalue weighted by Gasteiger charge is 2.41. The second-order valence-corrected chi connectivity index (χ2v) is 6.79. The van der Waals surface area contributed by atoms with Crippen LogP contribution in [-0.4, -0.2) is 14.3 Å². The second kappa shape index (κ2) is 5.28. The molecule has 0 saturated heterocycles. The summed E-state index contributed by atoms with van der Waals surface area (Å²) in [5.74, 6) is -1.11. The highest BCUT2D eigenvalue weighted by Crippen LogP contribution is 2.38. The number of benzene rings is 1. The Morgan fingerprint density at radius 1 is 1.41 bits per heavy atom. The van der Waals surface area contributed by atoms with Crippen molar-refractivity contribution in [3.63, 3.8) is 0 Å². The lowest BCUT2D eigenvalue weighted by molar-refractivity contribution is -0.137. The SMILES string of the molecule is CC1CC1C(=O)NS(=O)(=O)c1ccc(C#N)c(C(F)(F)F)c1. The van der Waals surface area contributed by atoms with Crippen molar-refractivity contribution in [2.45, 2.75) is 24.4 Å². The van der Waals surface area contributed by atoms with Gasteiger partial charge >= 0.3 is 6.18 Å². The van der Waals surface area contributed by atoms with Crippen LogP contribution in [0.2, 0.25) is 0 Å². The molecule has 2 unspecified atom stereocenters. The van der Waals surface area contributed by atoms with Crippen LogP contribution in [0.4, 0.5) is 13.2 Å². The first-order valence-electron chi connectivity index (χ1n) is 6.24. The molecule has 0 aromatic heterocycles. The third-order valence-electron chi connectivity index (χ3n) is 3.41. The number of hydrogen-bond donors (Lipinski definition) is 1. The van der Waals surface area contributed by atoms with E-state index in [9.17, 15) is 26.4 Å². The molecule has 0 radical (unpaired) electrons. The summed E-state index contributed by atoms with van der Waals surface area (Å²) < 4.78 is 64.2. The largest absolute Gasteiger partial charge is 0.417 e. The molecule has 1 amide bonds. The molecule has 1 fully saturated rings. The third-order valence-corrected chi connectivity index (χ3v) is 4.75. The maximum atomic E-state index is 12.8. The monoisotopic (exact) mass is 332 g/mol. The minimum absolute atomic E-state index is 0.0573.